The third-order valence-corrected chi connectivity index (χ3v) is 5.19. The van der Waals surface area contributed by atoms with Gasteiger partial charge in [-0.25, -0.2) is 0 Å². The van der Waals surface area contributed by atoms with E-state index in [2.05, 4.69) is 19.2 Å². The van der Waals surface area contributed by atoms with E-state index in [-0.39, 0.29) is 6.04 Å². The highest BCUT2D eigenvalue weighted by Gasteiger charge is 2.32. The molecule has 0 radical (unpaired) electrons. The summed E-state index contributed by atoms with van der Waals surface area (Å²) in [6, 6.07) is 5.76. The fourth-order valence-corrected chi connectivity index (χ4v) is 3.59. The predicted octanol–water partition coefficient (Wildman–Crippen LogP) is 4.98. The van der Waals surface area contributed by atoms with Gasteiger partial charge in [-0.05, 0) is 55.7 Å². The summed E-state index contributed by atoms with van der Waals surface area (Å²) in [5, 5.41) is 15.5. The Morgan fingerprint density at radius 3 is 2.57 bits per heavy atom. The lowest BCUT2D eigenvalue weighted by atomic mass is 9.79. The summed E-state index contributed by atoms with van der Waals surface area (Å²) in [4.78, 5) is 0. The standard InChI is InChI=1S/C17H25Cl2NO/c1-3-16(14-5-4-13(18)10-15(14)19)20-11-17(21)8-6-12(2)7-9-17/h4-5,10,12,16,20-21H,3,6-9,11H2,1-2H3. The average Bonchev–Trinajstić information content (AvgIpc) is 2.45. The van der Waals surface area contributed by atoms with E-state index in [0.29, 0.717) is 16.6 Å². The lowest BCUT2D eigenvalue weighted by Gasteiger charge is -2.36. The van der Waals surface area contributed by atoms with Crippen molar-refractivity contribution >= 4 is 23.2 Å². The highest BCUT2D eigenvalue weighted by atomic mass is 35.5. The number of aliphatic hydroxyl groups is 1. The first-order chi connectivity index (χ1) is 9.93. The third kappa shape index (κ3) is 4.59. The summed E-state index contributed by atoms with van der Waals surface area (Å²) in [6.07, 6.45) is 4.90. The Balaban J connectivity index is 1.99. The van der Waals surface area contributed by atoms with Crippen molar-refractivity contribution in [1.82, 2.24) is 5.32 Å². The maximum absolute atomic E-state index is 10.7. The molecule has 0 aliphatic heterocycles. The number of hydrogen-bond acceptors (Lipinski definition) is 2. The van der Waals surface area contributed by atoms with Crippen LogP contribution in [0.4, 0.5) is 0 Å². The molecule has 1 aromatic carbocycles. The Kier molecular flexibility index (Phi) is 5.96. The molecule has 1 unspecified atom stereocenters. The van der Waals surface area contributed by atoms with Gasteiger partial charge in [-0.3, -0.25) is 0 Å². The zero-order valence-electron chi connectivity index (χ0n) is 12.8. The molecule has 2 rings (SSSR count). The molecule has 0 saturated heterocycles. The summed E-state index contributed by atoms with van der Waals surface area (Å²) in [6.45, 7) is 5.00. The van der Waals surface area contributed by atoms with Crippen molar-refractivity contribution in [1.29, 1.82) is 0 Å². The lowest BCUT2D eigenvalue weighted by Crippen LogP contribution is -2.44. The molecule has 0 aromatic heterocycles. The van der Waals surface area contributed by atoms with Crippen LogP contribution in [0.15, 0.2) is 18.2 Å². The van der Waals surface area contributed by atoms with Crippen molar-refractivity contribution in [3.63, 3.8) is 0 Å². The van der Waals surface area contributed by atoms with Crippen molar-refractivity contribution in [2.45, 2.75) is 57.6 Å². The zero-order chi connectivity index (χ0) is 15.5. The second-order valence-corrected chi connectivity index (χ2v) is 7.26. The molecule has 1 aliphatic rings. The Bertz CT molecular complexity index is 470. The van der Waals surface area contributed by atoms with Crippen LogP contribution in [0.1, 0.15) is 57.6 Å². The molecule has 2 N–H and O–H groups in total. The van der Waals surface area contributed by atoms with Crippen LogP contribution in [0.25, 0.3) is 0 Å². The number of nitrogens with one attached hydrogen (secondary N) is 1. The number of benzene rings is 1. The molecular weight excluding hydrogens is 305 g/mol. The predicted molar refractivity (Wildman–Crippen MR) is 90.1 cm³/mol. The molecule has 1 fully saturated rings. The van der Waals surface area contributed by atoms with Crippen molar-refractivity contribution < 1.29 is 5.11 Å². The molecule has 1 atom stereocenters. The molecule has 0 spiro atoms. The average molecular weight is 330 g/mol. The molecule has 1 saturated carbocycles. The first-order valence-corrected chi connectivity index (χ1v) is 8.60. The minimum absolute atomic E-state index is 0.151. The van der Waals surface area contributed by atoms with Gasteiger partial charge in [0.2, 0.25) is 0 Å². The van der Waals surface area contributed by atoms with Gasteiger partial charge in [-0.15, -0.1) is 0 Å². The smallest absolute Gasteiger partial charge is 0.0772 e. The normalized spacial score (nSPS) is 27.6. The Labute approximate surface area is 137 Å². The van der Waals surface area contributed by atoms with E-state index in [1.165, 1.54) is 0 Å². The second kappa shape index (κ2) is 7.32. The van der Waals surface area contributed by atoms with Gasteiger partial charge < -0.3 is 10.4 Å². The lowest BCUT2D eigenvalue weighted by molar-refractivity contribution is -0.00830. The van der Waals surface area contributed by atoms with Gasteiger partial charge >= 0.3 is 0 Å². The van der Waals surface area contributed by atoms with Gasteiger partial charge in [0, 0.05) is 22.6 Å². The second-order valence-electron chi connectivity index (χ2n) is 6.41. The quantitative estimate of drug-likeness (QED) is 0.798. The van der Waals surface area contributed by atoms with Gasteiger partial charge in [-0.1, -0.05) is 43.1 Å². The van der Waals surface area contributed by atoms with Gasteiger partial charge in [0.1, 0.15) is 0 Å². The maximum atomic E-state index is 10.7. The Morgan fingerprint density at radius 1 is 1.33 bits per heavy atom. The Morgan fingerprint density at radius 2 is 2.00 bits per heavy atom. The monoisotopic (exact) mass is 329 g/mol. The molecular formula is C17H25Cl2NO. The zero-order valence-corrected chi connectivity index (χ0v) is 14.3. The van der Waals surface area contributed by atoms with Crippen LogP contribution in [-0.2, 0) is 0 Å². The molecule has 0 bridgehead atoms. The van der Waals surface area contributed by atoms with Gasteiger partial charge in [0.25, 0.3) is 0 Å². The molecule has 4 heteroatoms. The van der Waals surface area contributed by atoms with Gasteiger partial charge in [-0.2, -0.15) is 0 Å². The molecule has 21 heavy (non-hydrogen) atoms. The number of halogens is 2. The van der Waals surface area contributed by atoms with E-state index in [4.69, 9.17) is 23.2 Å². The largest absolute Gasteiger partial charge is 0.389 e. The van der Waals surface area contributed by atoms with Crippen molar-refractivity contribution in [2.75, 3.05) is 6.54 Å². The van der Waals surface area contributed by atoms with Crippen LogP contribution in [0.2, 0.25) is 10.0 Å². The molecule has 118 valence electrons. The van der Waals surface area contributed by atoms with E-state index in [9.17, 15) is 5.11 Å². The fraction of sp³-hybridized carbons (Fsp3) is 0.647. The maximum Gasteiger partial charge on any atom is 0.0772 e. The minimum atomic E-state index is -0.571. The summed E-state index contributed by atoms with van der Waals surface area (Å²) in [7, 11) is 0. The summed E-state index contributed by atoms with van der Waals surface area (Å²) in [5.74, 6) is 0.734. The van der Waals surface area contributed by atoms with Crippen LogP contribution >= 0.6 is 23.2 Å². The molecule has 1 aliphatic carbocycles. The van der Waals surface area contributed by atoms with Crippen LogP contribution in [0, 0.1) is 5.92 Å². The summed E-state index contributed by atoms with van der Waals surface area (Å²) < 4.78 is 0. The fourth-order valence-electron chi connectivity index (χ4n) is 3.05. The first kappa shape index (κ1) is 17.1. The van der Waals surface area contributed by atoms with Gasteiger partial charge in [0.15, 0.2) is 0 Å². The number of hydrogen-bond donors (Lipinski definition) is 2. The molecule has 0 heterocycles. The first-order valence-electron chi connectivity index (χ1n) is 7.84. The van der Waals surface area contributed by atoms with Crippen LogP contribution in [-0.4, -0.2) is 17.3 Å². The Hall–Kier alpha value is -0.280. The van der Waals surface area contributed by atoms with E-state index < -0.39 is 5.60 Å². The highest BCUT2D eigenvalue weighted by Crippen LogP contribution is 2.33. The van der Waals surface area contributed by atoms with Crippen LogP contribution in [0.3, 0.4) is 0 Å². The van der Waals surface area contributed by atoms with Crippen LogP contribution in [0.5, 0.6) is 0 Å². The van der Waals surface area contributed by atoms with E-state index in [1.54, 1.807) is 6.07 Å². The number of rotatable bonds is 5. The highest BCUT2D eigenvalue weighted by molar-refractivity contribution is 6.35. The minimum Gasteiger partial charge on any atom is -0.389 e. The van der Waals surface area contributed by atoms with E-state index >= 15 is 0 Å². The SMILES string of the molecule is CCC(NCC1(O)CCC(C)CC1)c1ccc(Cl)cc1Cl. The molecule has 0 amide bonds. The summed E-state index contributed by atoms with van der Waals surface area (Å²) >= 11 is 12.2. The van der Waals surface area contributed by atoms with Gasteiger partial charge in [0.05, 0.1) is 5.60 Å². The summed E-state index contributed by atoms with van der Waals surface area (Å²) in [5.41, 5.74) is 0.482. The molecule has 1 aromatic rings. The van der Waals surface area contributed by atoms with Crippen LogP contribution < -0.4 is 5.32 Å². The van der Waals surface area contributed by atoms with Crippen molar-refractivity contribution in [2.24, 2.45) is 5.92 Å². The van der Waals surface area contributed by atoms with Crippen molar-refractivity contribution in [3.05, 3.63) is 33.8 Å². The van der Waals surface area contributed by atoms with Crippen molar-refractivity contribution in [3.8, 4) is 0 Å². The third-order valence-electron chi connectivity index (χ3n) is 4.63. The molecule has 2 nitrogen and oxygen atoms in total. The van der Waals surface area contributed by atoms with E-state index in [1.807, 2.05) is 12.1 Å². The topological polar surface area (TPSA) is 32.3 Å². The van der Waals surface area contributed by atoms with E-state index in [0.717, 1.165) is 43.6 Å².